The average molecular weight is 378 g/mol. The van der Waals surface area contributed by atoms with Gasteiger partial charge < -0.3 is 10.1 Å². The summed E-state index contributed by atoms with van der Waals surface area (Å²) in [5, 5.41) is 6.54. The zero-order valence-electron chi connectivity index (χ0n) is 14.7. The van der Waals surface area contributed by atoms with E-state index in [1.807, 2.05) is 30.3 Å². The number of nitrogens with one attached hydrogen (secondary N) is 1. The van der Waals surface area contributed by atoms with Gasteiger partial charge in [0.15, 0.2) is 12.3 Å². The van der Waals surface area contributed by atoms with Crippen LogP contribution < -0.4 is 10.1 Å². The van der Waals surface area contributed by atoms with Crippen molar-refractivity contribution in [3.05, 3.63) is 53.2 Å². The molecule has 0 aliphatic carbocycles. The van der Waals surface area contributed by atoms with Gasteiger partial charge in [-0.15, -0.1) is 0 Å². The van der Waals surface area contributed by atoms with Gasteiger partial charge in [-0.05, 0) is 12.5 Å². The number of amides is 1. The number of hydrogen-bond donors (Lipinski definition) is 1. The second kappa shape index (κ2) is 7.26. The number of hydrogen-bond acceptors (Lipinski definition) is 4. The molecule has 0 bridgehead atoms. The quantitative estimate of drug-likeness (QED) is 0.741. The van der Waals surface area contributed by atoms with Gasteiger partial charge in [-0.2, -0.15) is 23.3 Å². The monoisotopic (exact) mass is 378 g/mol. The molecule has 0 fully saturated rings. The van der Waals surface area contributed by atoms with Gasteiger partial charge in [0.05, 0.1) is 16.6 Å². The Morgan fingerprint density at radius 3 is 2.63 bits per heavy atom. The molecule has 3 aromatic rings. The molecular weight excluding hydrogens is 361 g/mol. The smallest absolute Gasteiger partial charge is 0.417 e. The second-order valence-electron chi connectivity index (χ2n) is 5.96. The van der Waals surface area contributed by atoms with E-state index in [0.29, 0.717) is 6.54 Å². The number of aryl methyl sites for hydroxylation is 2. The number of carbonyl (C=O) groups excluding carboxylic acids is 1. The Morgan fingerprint density at radius 1 is 1.26 bits per heavy atom. The molecule has 3 rings (SSSR count). The van der Waals surface area contributed by atoms with E-state index in [1.54, 1.807) is 0 Å². The van der Waals surface area contributed by atoms with E-state index in [2.05, 4.69) is 15.4 Å². The number of alkyl halides is 3. The van der Waals surface area contributed by atoms with Crippen LogP contribution in [0.3, 0.4) is 0 Å². The maximum Gasteiger partial charge on any atom is 0.417 e. The molecule has 0 radical (unpaired) electrons. The van der Waals surface area contributed by atoms with Gasteiger partial charge in [-0.25, -0.2) is 0 Å². The molecule has 6 nitrogen and oxygen atoms in total. The van der Waals surface area contributed by atoms with E-state index in [1.165, 1.54) is 18.7 Å². The molecule has 0 aliphatic heterocycles. The van der Waals surface area contributed by atoms with E-state index in [9.17, 15) is 18.0 Å². The molecule has 9 heteroatoms. The Hall–Kier alpha value is -3.10. The highest BCUT2D eigenvalue weighted by atomic mass is 19.4. The highest BCUT2D eigenvalue weighted by molar-refractivity contribution is 5.83. The Kier molecular flexibility index (Phi) is 5.02. The number of nitrogens with zero attached hydrogens (tertiary/aromatic N) is 3. The lowest BCUT2D eigenvalue weighted by molar-refractivity contribution is -0.136. The first kappa shape index (κ1) is 18.7. The number of aromatic nitrogens is 3. The Bertz CT molecular complexity index is 968. The summed E-state index contributed by atoms with van der Waals surface area (Å²) >= 11 is 0. The fraction of sp³-hybridized carbons (Fsp3) is 0.278. The molecule has 142 valence electrons. The number of pyridine rings is 1. The molecule has 0 saturated carbocycles. The molecular formula is C18H17F3N4O2. The minimum atomic E-state index is -4.59. The highest BCUT2D eigenvalue weighted by Crippen LogP contribution is 2.37. The van der Waals surface area contributed by atoms with Crippen LogP contribution in [0.15, 0.2) is 36.4 Å². The summed E-state index contributed by atoms with van der Waals surface area (Å²) < 4.78 is 46.6. The van der Waals surface area contributed by atoms with Crippen molar-refractivity contribution in [1.29, 1.82) is 0 Å². The van der Waals surface area contributed by atoms with Crippen LogP contribution in [-0.2, 0) is 24.6 Å². The molecule has 0 atom stereocenters. The van der Waals surface area contributed by atoms with Crippen molar-refractivity contribution in [3.63, 3.8) is 0 Å². The minimum absolute atomic E-state index is 0.0435. The predicted octanol–water partition coefficient (Wildman–Crippen LogP) is 2.99. The van der Waals surface area contributed by atoms with Crippen LogP contribution >= 0.6 is 0 Å². The van der Waals surface area contributed by atoms with Crippen molar-refractivity contribution < 1.29 is 22.7 Å². The summed E-state index contributed by atoms with van der Waals surface area (Å²) in [5.41, 5.74) is 0.273. The van der Waals surface area contributed by atoms with Crippen molar-refractivity contribution in [2.75, 3.05) is 6.61 Å². The summed E-state index contributed by atoms with van der Waals surface area (Å²) in [4.78, 5) is 16.0. The summed E-state index contributed by atoms with van der Waals surface area (Å²) in [5.74, 6) is -0.747. The zero-order chi connectivity index (χ0) is 19.6. The third-order valence-electron chi connectivity index (χ3n) is 3.93. The fourth-order valence-corrected chi connectivity index (χ4v) is 2.71. The van der Waals surface area contributed by atoms with Gasteiger partial charge >= 0.3 is 6.18 Å². The lowest BCUT2D eigenvalue weighted by Gasteiger charge is -2.12. The van der Waals surface area contributed by atoms with Crippen LogP contribution in [0.2, 0.25) is 0 Å². The number of rotatable bonds is 5. The van der Waals surface area contributed by atoms with Crippen LogP contribution in [-0.4, -0.2) is 27.3 Å². The van der Waals surface area contributed by atoms with Crippen LogP contribution in [0, 0.1) is 6.92 Å². The maximum absolute atomic E-state index is 13.4. The van der Waals surface area contributed by atoms with E-state index >= 15 is 0 Å². The Labute approximate surface area is 153 Å². The van der Waals surface area contributed by atoms with Gasteiger partial charge in [0, 0.05) is 19.7 Å². The maximum atomic E-state index is 13.4. The summed E-state index contributed by atoms with van der Waals surface area (Å²) in [6.45, 7) is 1.33. The lowest BCUT2D eigenvalue weighted by Crippen LogP contribution is -2.28. The number of halogens is 3. The SMILES string of the molecule is Cc1nn(C)c2nc(OCC(=O)NCc3ccccc3)cc(C(F)(F)F)c12. The first-order valence-electron chi connectivity index (χ1n) is 8.10. The first-order valence-corrected chi connectivity index (χ1v) is 8.10. The third kappa shape index (κ3) is 4.18. The lowest BCUT2D eigenvalue weighted by atomic mass is 10.1. The Balaban J connectivity index is 1.75. The fourth-order valence-electron chi connectivity index (χ4n) is 2.71. The summed E-state index contributed by atoms with van der Waals surface area (Å²) in [6, 6.07) is 10.0. The van der Waals surface area contributed by atoms with Crippen molar-refractivity contribution in [2.24, 2.45) is 7.05 Å². The molecule has 0 aliphatic rings. The van der Waals surface area contributed by atoms with E-state index in [4.69, 9.17) is 4.74 Å². The van der Waals surface area contributed by atoms with E-state index < -0.39 is 24.3 Å². The molecule has 2 aromatic heterocycles. The van der Waals surface area contributed by atoms with Gasteiger partial charge in [0.1, 0.15) is 0 Å². The highest BCUT2D eigenvalue weighted by Gasteiger charge is 2.35. The molecule has 0 saturated heterocycles. The van der Waals surface area contributed by atoms with Crippen molar-refractivity contribution in [2.45, 2.75) is 19.6 Å². The molecule has 0 unspecified atom stereocenters. The number of ether oxygens (including phenoxy) is 1. The average Bonchev–Trinajstić information content (AvgIpc) is 2.91. The number of carbonyl (C=O) groups is 1. The van der Waals surface area contributed by atoms with E-state index in [-0.39, 0.29) is 22.6 Å². The summed E-state index contributed by atoms with van der Waals surface area (Å²) in [6.07, 6.45) is -4.59. The number of fused-ring (bicyclic) bond motifs is 1. The molecule has 27 heavy (non-hydrogen) atoms. The van der Waals surface area contributed by atoms with Crippen molar-refractivity contribution in [1.82, 2.24) is 20.1 Å². The molecule has 2 heterocycles. The normalized spacial score (nSPS) is 11.6. The largest absolute Gasteiger partial charge is 0.467 e. The van der Waals surface area contributed by atoms with Crippen LogP contribution in [0.1, 0.15) is 16.8 Å². The van der Waals surface area contributed by atoms with Crippen molar-refractivity contribution in [3.8, 4) is 5.88 Å². The molecule has 0 spiro atoms. The topological polar surface area (TPSA) is 69.0 Å². The molecule has 1 aromatic carbocycles. The molecule has 1 N–H and O–H groups in total. The van der Waals surface area contributed by atoms with Crippen molar-refractivity contribution >= 4 is 16.9 Å². The predicted molar refractivity (Wildman–Crippen MR) is 92.0 cm³/mol. The van der Waals surface area contributed by atoms with Gasteiger partial charge in [0.25, 0.3) is 5.91 Å². The number of benzene rings is 1. The standard InChI is InChI=1S/C18H17F3N4O2/c1-11-16-13(18(19,20)21)8-15(23-17(16)25(2)24-11)27-10-14(26)22-9-12-6-4-3-5-7-12/h3-8H,9-10H2,1-2H3,(H,22,26). The second-order valence-corrected chi connectivity index (χ2v) is 5.96. The molecule has 1 amide bonds. The first-order chi connectivity index (χ1) is 12.8. The van der Waals surface area contributed by atoms with Crippen LogP contribution in [0.5, 0.6) is 5.88 Å². The van der Waals surface area contributed by atoms with Gasteiger partial charge in [0.2, 0.25) is 5.88 Å². The van der Waals surface area contributed by atoms with Crippen LogP contribution in [0.4, 0.5) is 13.2 Å². The zero-order valence-corrected chi connectivity index (χ0v) is 14.7. The van der Waals surface area contributed by atoms with E-state index in [0.717, 1.165) is 11.6 Å². The van der Waals surface area contributed by atoms with Gasteiger partial charge in [-0.1, -0.05) is 30.3 Å². The third-order valence-corrected chi connectivity index (χ3v) is 3.93. The van der Waals surface area contributed by atoms with Crippen LogP contribution in [0.25, 0.3) is 11.0 Å². The van der Waals surface area contributed by atoms with Gasteiger partial charge in [-0.3, -0.25) is 9.48 Å². The summed E-state index contributed by atoms with van der Waals surface area (Å²) in [7, 11) is 1.50. The Morgan fingerprint density at radius 2 is 1.96 bits per heavy atom. The minimum Gasteiger partial charge on any atom is -0.467 e.